The molecule has 6 aromatic carbocycles. The first kappa shape index (κ1) is 36.5. The molecule has 0 saturated heterocycles. The van der Waals surface area contributed by atoms with Gasteiger partial charge in [0.05, 0.1) is 0 Å². The van der Waals surface area contributed by atoms with Gasteiger partial charge in [0.25, 0.3) is 0 Å². The zero-order valence-electron chi connectivity index (χ0n) is 30.4. The van der Waals surface area contributed by atoms with Crippen LogP contribution in [0.1, 0.15) is 36.1 Å². The standard InChI is InChI=1S/C47H33N5O4/c1-47(2)43-27-39(51(35-9-5-3-6-10-35)37-17-13-31(14-18-37)25-33(29-48)45(53)50-56)21-23-41(43)42-24-22-40(28-44(42)47)52(36-11-7-4-8-12-36)38-19-15-32(16-20-38)26-34(30-49)46(54)55/h3-28H,1-2H3,(H,54,55)/b33-25+,34-26+. The third-order valence-electron chi connectivity index (χ3n) is 9.90. The Kier molecular flexibility index (Phi) is 9.92. The Morgan fingerprint density at radius 3 is 1.32 bits per heavy atom. The summed E-state index contributed by atoms with van der Waals surface area (Å²) in [6, 6.07) is 51.3. The minimum atomic E-state index is -1.27. The lowest BCUT2D eigenvalue weighted by atomic mass is 9.82. The van der Waals surface area contributed by atoms with Crippen molar-refractivity contribution in [2.75, 3.05) is 9.80 Å². The molecule has 0 bridgehead atoms. The SMILES string of the molecule is CC1(C)c2cc(N(c3ccccc3)c3ccc(/C=C(\C#N)C(=O)O)cc3)ccc2-c2ccc(N(c3ccccc3)c3ccc(/C=C(\C#N)C(=O)N=O)cc3)cc21. The third kappa shape index (κ3) is 6.96. The molecule has 1 N–H and O–H groups in total. The smallest absolute Gasteiger partial charge is 0.346 e. The first-order valence-corrected chi connectivity index (χ1v) is 17.7. The molecule has 7 rings (SSSR count). The fourth-order valence-corrected chi connectivity index (χ4v) is 7.15. The third-order valence-corrected chi connectivity index (χ3v) is 9.90. The number of para-hydroxylation sites is 2. The summed E-state index contributed by atoms with van der Waals surface area (Å²) in [6.07, 6.45) is 2.71. The highest BCUT2D eigenvalue weighted by Gasteiger charge is 2.37. The van der Waals surface area contributed by atoms with E-state index in [1.165, 1.54) is 12.2 Å². The van der Waals surface area contributed by atoms with Crippen LogP contribution in [0.15, 0.2) is 162 Å². The molecule has 0 heterocycles. The van der Waals surface area contributed by atoms with E-state index in [4.69, 9.17) is 0 Å². The number of hydrogen-bond donors (Lipinski definition) is 1. The molecule has 9 heteroatoms. The second-order valence-electron chi connectivity index (χ2n) is 13.7. The van der Waals surface area contributed by atoms with E-state index in [1.54, 1.807) is 36.4 Å². The van der Waals surface area contributed by atoms with Crippen LogP contribution >= 0.6 is 0 Å². The number of nitrogens with zero attached hydrogens (tertiary/aromatic N) is 5. The summed E-state index contributed by atoms with van der Waals surface area (Å²) in [7, 11) is 0. The van der Waals surface area contributed by atoms with Crippen molar-refractivity contribution in [3.05, 3.63) is 184 Å². The normalized spacial score (nSPS) is 12.7. The van der Waals surface area contributed by atoms with Crippen LogP contribution in [0.25, 0.3) is 23.3 Å². The number of aliphatic carboxylic acids is 1. The molecule has 56 heavy (non-hydrogen) atoms. The Labute approximate surface area is 323 Å². The van der Waals surface area contributed by atoms with Crippen molar-refractivity contribution in [3.8, 4) is 23.3 Å². The molecular formula is C47H33N5O4. The van der Waals surface area contributed by atoms with Crippen molar-refractivity contribution in [2.24, 2.45) is 5.18 Å². The van der Waals surface area contributed by atoms with Crippen molar-refractivity contribution in [1.29, 1.82) is 10.5 Å². The zero-order chi connectivity index (χ0) is 39.4. The summed E-state index contributed by atoms with van der Waals surface area (Å²) in [6.45, 7) is 4.45. The highest BCUT2D eigenvalue weighted by atomic mass is 16.4. The number of amides is 1. The summed E-state index contributed by atoms with van der Waals surface area (Å²) in [5.74, 6) is -2.38. The topological polar surface area (TPSA) is 138 Å². The van der Waals surface area contributed by atoms with Crippen LogP contribution in [0.2, 0.25) is 0 Å². The number of benzene rings is 6. The molecule has 0 aliphatic heterocycles. The highest BCUT2D eigenvalue weighted by molar-refractivity contribution is 6.02. The van der Waals surface area contributed by atoms with E-state index in [0.29, 0.717) is 11.1 Å². The van der Waals surface area contributed by atoms with Crippen molar-refractivity contribution >= 4 is 58.2 Å². The van der Waals surface area contributed by atoms with Gasteiger partial charge in [-0.05, 0) is 118 Å². The fraction of sp³-hybridized carbons (Fsp3) is 0.0638. The van der Waals surface area contributed by atoms with E-state index >= 15 is 0 Å². The number of anilines is 6. The molecule has 1 aliphatic carbocycles. The summed E-state index contributed by atoms with van der Waals surface area (Å²) in [5.41, 5.74) is 10.3. The minimum Gasteiger partial charge on any atom is -0.477 e. The van der Waals surface area contributed by atoms with Gasteiger partial charge in [-0.3, -0.25) is 4.79 Å². The second kappa shape index (κ2) is 15.2. The van der Waals surface area contributed by atoms with Crippen LogP contribution in [0.5, 0.6) is 0 Å². The van der Waals surface area contributed by atoms with Gasteiger partial charge in [0, 0.05) is 44.7 Å². The number of carboxylic acid groups (broad SMARTS) is 1. The van der Waals surface area contributed by atoms with Gasteiger partial charge in [-0.25, -0.2) is 4.79 Å². The summed E-state index contributed by atoms with van der Waals surface area (Å²) in [4.78, 5) is 38.3. The van der Waals surface area contributed by atoms with E-state index in [1.807, 2.05) is 84.9 Å². The molecule has 0 spiro atoms. The Balaban J connectivity index is 1.27. The van der Waals surface area contributed by atoms with Gasteiger partial charge < -0.3 is 14.9 Å². The molecule has 1 aliphatic rings. The Hall–Kier alpha value is -7.88. The Morgan fingerprint density at radius 1 is 0.571 bits per heavy atom. The lowest BCUT2D eigenvalue weighted by molar-refractivity contribution is -0.132. The van der Waals surface area contributed by atoms with Crippen molar-refractivity contribution in [3.63, 3.8) is 0 Å². The van der Waals surface area contributed by atoms with Gasteiger partial charge in [-0.1, -0.05) is 86.6 Å². The first-order valence-electron chi connectivity index (χ1n) is 17.7. The molecule has 6 aromatic rings. The summed E-state index contributed by atoms with van der Waals surface area (Å²) >= 11 is 0. The predicted octanol–water partition coefficient (Wildman–Crippen LogP) is 11.1. The number of carbonyl (C=O) groups excluding carboxylic acids is 1. The molecule has 0 saturated carbocycles. The largest absolute Gasteiger partial charge is 0.477 e. The molecule has 0 aromatic heterocycles. The minimum absolute atomic E-state index is 0.332. The summed E-state index contributed by atoms with van der Waals surface area (Å²) in [5, 5.41) is 30.3. The highest BCUT2D eigenvalue weighted by Crippen LogP contribution is 2.52. The van der Waals surface area contributed by atoms with E-state index in [9.17, 15) is 30.1 Å². The Bertz CT molecular complexity index is 2640. The van der Waals surface area contributed by atoms with Crippen LogP contribution in [-0.4, -0.2) is 17.0 Å². The molecule has 0 fully saturated rings. The van der Waals surface area contributed by atoms with Crippen molar-refractivity contribution in [2.45, 2.75) is 19.3 Å². The van der Waals surface area contributed by atoms with E-state index in [0.717, 1.165) is 56.4 Å². The average molecular weight is 732 g/mol. The number of fused-ring (bicyclic) bond motifs is 3. The Morgan fingerprint density at radius 2 is 0.946 bits per heavy atom. The number of nitriles is 2. The number of hydrogen-bond acceptors (Lipinski definition) is 7. The fourth-order valence-electron chi connectivity index (χ4n) is 7.15. The molecule has 0 unspecified atom stereocenters. The number of rotatable bonds is 10. The second-order valence-corrected chi connectivity index (χ2v) is 13.7. The van der Waals surface area contributed by atoms with Crippen LogP contribution in [0, 0.1) is 27.6 Å². The first-order chi connectivity index (χ1) is 27.1. The number of nitroso groups, excluding NO2 is 1. The van der Waals surface area contributed by atoms with Crippen LogP contribution < -0.4 is 9.80 Å². The zero-order valence-corrected chi connectivity index (χ0v) is 30.4. The van der Waals surface area contributed by atoms with Gasteiger partial charge in [-0.2, -0.15) is 10.5 Å². The quantitative estimate of drug-likeness (QED) is 0.0834. The van der Waals surface area contributed by atoms with Gasteiger partial charge >= 0.3 is 11.9 Å². The lowest BCUT2D eigenvalue weighted by Gasteiger charge is -2.29. The number of carboxylic acids is 1. The van der Waals surface area contributed by atoms with E-state index < -0.39 is 11.9 Å². The van der Waals surface area contributed by atoms with Gasteiger partial charge in [-0.15, -0.1) is 4.91 Å². The maximum atomic E-state index is 11.8. The lowest BCUT2D eigenvalue weighted by Crippen LogP contribution is -2.17. The number of carbonyl (C=O) groups is 2. The van der Waals surface area contributed by atoms with E-state index in [-0.39, 0.29) is 16.6 Å². The monoisotopic (exact) mass is 731 g/mol. The molecule has 9 nitrogen and oxygen atoms in total. The van der Waals surface area contributed by atoms with Gasteiger partial charge in [0.1, 0.15) is 23.3 Å². The molecule has 0 radical (unpaired) electrons. The average Bonchev–Trinajstić information content (AvgIpc) is 3.45. The van der Waals surface area contributed by atoms with Gasteiger partial charge in [0.2, 0.25) is 0 Å². The summed E-state index contributed by atoms with van der Waals surface area (Å²) < 4.78 is 0. The molecule has 1 amide bonds. The van der Waals surface area contributed by atoms with E-state index in [2.05, 4.69) is 65.2 Å². The molecular weight excluding hydrogens is 699 g/mol. The predicted molar refractivity (Wildman–Crippen MR) is 219 cm³/mol. The van der Waals surface area contributed by atoms with Crippen LogP contribution in [0.4, 0.5) is 34.1 Å². The van der Waals surface area contributed by atoms with Gasteiger partial charge in [0.15, 0.2) is 0 Å². The molecule has 0 atom stereocenters. The maximum absolute atomic E-state index is 11.8. The maximum Gasteiger partial charge on any atom is 0.346 e. The van der Waals surface area contributed by atoms with Crippen molar-refractivity contribution < 1.29 is 14.7 Å². The van der Waals surface area contributed by atoms with Crippen molar-refractivity contribution in [1.82, 2.24) is 0 Å². The molecule has 270 valence electrons. The van der Waals surface area contributed by atoms with Crippen LogP contribution in [0.3, 0.4) is 0 Å². The van der Waals surface area contributed by atoms with Crippen LogP contribution in [-0.2, 0) is 15.0 Å².